The molecule has 0 bridgehead atoms. The van der Waals surface area contributed by atoms with E-state index in [1.54, 1.807) is 12.1 Å². The summed E-state index contributed by atoms with van der Waals surface area (Å²) in [5.41, 5.74) is 4.36. The van der Waals surface area contributed by atoms with Crippen molar-refractivity contribution in [2.75, 3.05) is 0 Å². The van der Waals surface area contributed by atoms with Crippen molar-refractivity contribution in [2.24, 2.45) is 5.10 Å². The van der Waals surface area contributed by atoms with E-state index in [0.717, 1.165) is 11.3 Å². The number of hydrogen-bond acceptors (Lipinski definition) is 3. The summed E-state index contributed by atoms with van der Waals surface area (Å²) in [7, 11) is 0. The summed E-state index contributed by atoms with van der Waals surface area (Å²) in [5, 5.41) is 7.68. The Balaban J connectivity index is 2.73. The van der Waals surface area contributed by atoms with Crippen molar-refractivity contribution in [3.05, 3.63) is 29.8 Å². The molecule has 0 aliphatic carbocycles. The van der Waals surface area contributed by atoms with Crippen molar-refractivity contribution >= 4 is 23.0 Å². The third kappa shape index (κ3) is 6.48. The molecule has 0 atom stereocenters. The van der Waals surface area contributed by atoms with Crippen LogP contribution in [0.5, 0.6) is 5.75 Å². The minimum absolute atomic E-state index is 0.120. The summed E-state index contributed by atoms with van der Waals surface area (Å²) in [5.74, 6) is 0.120. The lowest BCUT2D eigenvalue weighted by Gasteiger charge is -2.11. The third-order valence-corrected chi connectivity index (χ3v) is 2.67. The molecule has 1 aromatic carbocycles. The first-order chi connectivity index (χ1) is 9.92. The summed E-state index contributed by atoms with van der Waals surface area (Å²) in [6.07, 6.45) is 0.673. The normalized spacial score (nSPS) is 11.7. The average Bonchev–Trinajstić information content (AvgIpc) is 2.39. The van der Waals surface area contributed by atoms with E-state index in [1.165, 1.54) is 12.1 Å². The van der Waals surface area contributed by atoms with Crippen LogP contribution in [0.2, 0.25) is 0 Å². The molecule has 116 valence electrons. The summed E-state index contributed by atoms with van der Waals surface area (Å²) < 4.78 is 28.5. The first kappa shape index (κ1) is 17.3. The predicted octanol–water partition coefficient (Wildman–Crippen LogP) is 3.27. The van der Waals surface area contributed by atoms with E-state index in [9.17, 15) is 8.78 Å². The first-order valence-electron chi connectivity index (χ1n) is 6.60. The highest BCUT2D eigenvalue weighted by atomic mass is 32.1. The molecule has 0 spiro atoms. The molecule has 0 unspecified atom stereocenters. The van der Waals surface area contributed by atoms with Crippen LogP contribution >= 0.6 is 12.2 Å². The highest BCUT2D eigenvalue weighted by Crippen LogP contribution is 2.16. The number of nitrogens with one attached hydrogen (secondary N) is 2. The van der Waals surface area contributed by atoms with Gasteiger partial charge < -0.3 is 10.1 Å². The Labute approximate surface area is 128 Å². The van der Waals surface area contributed by atoms with Gasteiger partial charge in [-0.05, 0) is 62.3 Å². The van der Waals surface area contributed by atoms with Gasteiger partial charge in [-0.15, -0.1) is 0 Å². The number of alkyl halides is 2. The Kier molecular flexibility index (Phi) is 7.01. The monoisotopic (exact) mass is 315 g/mol. The number of hydrazone groups is 1. The highest BCUT2D eigenvalue weighted by Gasteiger charge is 2.06. The van der Waals surface area contributed by atoms with E-state index >= 15 is 0 Å². The van der Waals surface area contributed by atoms with E-state index in [2.05, 4.69) is 20.6 Å². The first-order valence-corrected chi connectivity index (χ1v) is 7.01. The van der Waals surface area contributed by atoms with Crippen molar-refractivity contribution in [3.8, 4) is 5.75 Å². The van der Waals surface area contributed by atoms with Crippen LogP contribution < -0.4 is 15.5 Å². The van der Waals surface area contributed by atoms with Gasteiger partial charge in [0.15, 0.2) is 5.11 Å². The molecule has 0 fully saturated rings. The van der Waals surface area contributed by atoms with Crippen LogP contribution in [0.25, 0.3) is 0 Å². The molecule has 0 radical (unpaired) electrons. The van der Waals surface area contributed by atoms with Crippen molar-refractivity contribution < 1.29 is 13.5 Å². The van der Waals surface area contributed by atoms with Gasteiger partial charge in [0.2, 0.25) is 0 Å². The smallest absolute Gasteiger partial charge is 0.387 e. The maximum atomic E-state index is 12.1. The van der Waals surface area contributed by atoms with Crippen LogP contribution in [0.3, 0.4) is 0 Å². The van der Waals surface area contributed by atoms with E-state index < -0.39 is 6.61 Å². The molecule has 1 aromatic rings. The molecule has 0 aliphatic rings. The van der Waals surface area contributed by atoms with E-state index in [0.29, 0.717) is 11.5 Å². The van der Waals surface area contributed by atoms with Crippen LogP contribution in [0.15, 0.2) is 29.4 Å². The number of hydrogen-bond donors (Lipinski definition) is 2. The molecule has 0 amide bonds. The summed E-state index contributed by atoms with van der Waals surface area (Å²) in [6, 6.07) is 6.55. The van der Waals surface area contributed by atoms with Gasteiger partial charge in [0, 0.05) is 6.04 Å². The highest BCUT2D eigenvalue weighted by molar-refractivity contribution is 7.80. The fraction of sp³-hybridized carbons (Fsp3) is 0.429. The molecular weight excluding hydrogens is 296 g/mol. The third-order valence-electron chi connectivity index (χ3n) is 2.46. The maximum absolute atomic E-state index is 12.1. The Morgan fingerprint density at radius 2 is 1.90 bits per heavy atom. The second-order valence-corrected chi connectivity index (χ2v) is 4.96. The van der Waals surface area contributed by atoms with Gasteiger partial charge in [0.1, 0.15) is 5.75 Å². The summed E-state index contributed by atoms with van der Waals surface area (Å²) >= 11 is 5.08. The van der Waals surface area contributed by atoms with Gasteiger partial charge in [-0.1, -0.05) is 6.92 Å². The van der Waals surface area contributed by atoms with E-state index in [1.807, 2.05) is 20.8 Å². The lowest BCUT2D eigenvalue weighted by Crippen LogP contribution is -2.37. The fourth-order valence-corrected chi connectivity index (χ4v) is 1.87. The van der Waals surface area contributed by atoms with E-state index in [-0.39, 0.29) is 11.8 Å². The van der Waals surface area contributed by atoms with Crippen molar-refractivity contribution in [1.29, 1.82) is 0 Å². The SMILES string of the molecule is CC/C(=N/NC(=S)NC(C)C)c1ccc(OC(F)F)cc1. The molecule has 0 saturated carbocycles. The molecule has 1 rings (SSSR count). The molecule has 0 saturated heterocycles. The van der Waals surface area contributed by atoms with Crippen LogP contribution in [0.4, 0.5) is 8.78 Å². The number of benzene rings is 1. The van der Waals surface area contributed by atoms with Crippen LogP contribution in [-0.4, -0.2) is 23.5 Å². The van der Waals surface area contributed by atoms with Gasteiger partial charge >= 0.3 is 6.61 Å². The standard InChI is InChI=1S/C14H19F2N3OS/c1-4-12(18-19-14(21)17-9(2)3)10-5-7-11(8-6-10)20-13(15)16/h5-9,13H,4H2,1-3H3,(H2,17,19,21)/b18-12-. The summed E-state index contributed by atoms with van der Waals surface area (Å²) in [4.78, 5) is 0. The van der Waals surface area contributed by atoms with Crippen molar-refractivity contribution in [3.63, 3.8) is 0 Å². The molecule has 0 heterocycles. The molecular formula is C14H19F2N3OS. The van der Waals surface area contributed by atoms with Crippen LogP contribution in [0, 0.1) is 0 Å². The van der Waals surface area contributed by atoms with Gasteiger partial charge in [-0.2, -0.15) is 13.9 Å². The molecule has 7 heteroatoms. The number of ether oxygens (including phenoxy) is 1. The quantitative estimate of drug-likeness (QED) is 0.480. The maximum Gasteiger partial charge on any atom is 0.387 e. The zero-order valence-corrected chi connectivity index (χ0v) is 13.0. The number of rotatable bonds is 6. The lowest BCUT2D eigenvalue weighted by molar-refractivity contribution is -0.0498. The van der Waals surface area contributed by atoms with Crippen molar-refractivity contribution in [1.82, 2.24) is 10.7 Å². The minimum atomic E-state index is -2.82. The van der Waals surface area contributed by atoms with Crippen LogP contribution in [-0.2, 0) is 0 Å². The molecule has 4 nitrogen and oxygen atoms in total. The number of thiocarbonyl (C=S) groups is 1. The Morgan fingerprint density at radius 3 is 2.38 bits per heavy atom. The van der Waals surface area contributed by atoms with Gasteiger partial charge in [-0.3, -0.25) is 5.43 Å². The summed E-state index contributed by atoms with van der Waals surface area (Å²) in [6.45, 7) is 3.07. The van der Waals surface area contributed by atoms with Gasteiger partial charge in [0.25, 0.3) is 0 Å². The van der Waals surface area contributed by atoms with Gasteiger partial charge in [-0.25, -0.2) is 0 Å². The molecule has 2 N–H and O–H groups in total. The zero-order chi connectivity index (χ0) is 15.8. The average molecular weight is 315 g/mol. The number of nitrogens with zero attached hydrogens (tertiary/aromatic N) is 1. The topological polar surface area (TPSA) is 45.7 Å². The fourth-order valence-electron chi connectivity index (χ4n) is 1.59. The second-order valence-electron chi connectivity index (χ2n) is 4.55. The van der Waals surface area contributed by atoms with E-state index in [4.69, 9.17) is 12.2 Å². The number of halogens is 2. The zero-order valence-electron chi connectivity index (χ0n) is 12.2. The second kappa shape index (κ2) is 8.51. The molecule has 21 heavy (non-hydrogen) atoms. The molecule has 0 aromatic heterocycles. The van der Waals surface area contributed by atoms with Crippen molar-refractivity contribution in [2.45, 2.75) is 39.8 Å². The minimum Gasteiger partial charge on any atom is -0.435 e. The van der Waals surface area contributed by atoms with Crippen LogP contribution in [0.1, 0.15) is 32.8 Å². The molecule has 0 aliphatic heterocycles. The Hall–Kier alpha value is -1.76. The van der Waals surface area contributed by atoms with Gasteiger partial charge in [0.05, 0.1) is 5.71 Å². The Morgan fingerprint density at radius 1 is 1.29 bits per heavy atom. The predicted molar refractivity (Wildman–Crippen MR) is 83.9 cm³/mol. The largest absolute Gasteiger partial charge is 0.435 e. The lowest BCUT2D eigenvalue weighted by atomic mass is 10.1. The Bertz CT molecular complexity index is 489.